The zero-order valence-corrected chi connectivity index (χ0v) is 8.82. The van der Waals surface area contributed by atoms with Gasteiger partial charge in [-0.25, -0.2) is 4.98 Å². The van der Waals surface area contributed by atoms with Crippen molar-refractivity contribution in [1.82, 2.24) is 4.98 Å². The first-order chi connectivity index (χ1) is 8.54. The van der Waals surface area contributed by atoms with Crippen LogP contribution in [0.4, 0.5) is 17.6 Å². The van der Waals surface area contributed by atoms with E-state index >= 15 is 0 Å². The van der Waals surface area contributed by atoms with Crippen molar-refractivity contribution in [3.8, 4) is 11.6 Å². The summed E-state index contributed by atoms with van der Waals surface area (Å²) in [6.07, 6.45) is 0. The van der Waals surface area contributed by atoms with E-state index in [0.717, 1.165) is 0 Å². The molecule has 0 atom stereocenters. The number of rotatable bonds is 4. The Labute approximate surface area is 99.0 Å². The SMILES string of the molecule is FC(F)Oc1ccc2ccc(OC(F)F)nc2c1. The third kappa shape index (κ3) is 2.99. The van der Waals surface area contributed by atoms with Crippen LogP contribution in [0.3, 0.4) is 0 Å². The molecule has 0 unspecified atom stereocenters. The summed E-state index contributed by atoms with van der Waals surface area (Å²) < 4.78 is 56.3. The maximum Gasteiger partial charge on any atom is 0.388 e. The number of benzene rings is 1. The van der Waals surface area contributed by atoms with E-state index in [2.05, 4.69) is 14.5 Å². The minimum Gasteiger partial charge on any atom is -0.435 e. The van der Waals surface area contributed by atoms with Crippen LogP contribution in [0.5, 0.6) is 11.6 Å². The quantitative estimate of drug-likeness (QED) is 0.790. The molecule has 2 rings (SSSR count). The zero-order valence-electron chi connectivity index (χ0n) is 8.82. The molecule has 0 N–H and O–H groups in total. The second-order valence-electron chi connectivity index (χ2n) is 3.26. The summed E-state index contributed by atoms with van der Waals surface area (Å²) in [5, 5.41) is 0.596. The first-order valence-corrected chi connectivity index (χ1v) is 4.85. The van der Waals surface area contributed by atoms with Crippen molar-refractivity contribution in [3.05, 3.63) is 30.3 Å². The smallest absolute Gasteiger partial charge is 0.388 e. The van der Waals surface area contributed by atoms with Gasteiger partial charge in [-0.05, 0) is 18.2 Å². The summed E-state index contributed by atoms with van der Waals surface area (Å²) in [6, 6.07) is 6.81. The number of ether oxygens (including phenoxy) is 2. The average molecular weight is 261 g/mol. The molecule has 18 heavy (non-hydrogen) atoms. The maximum atomic E-state index is 12.0. The third-order valence-electron chi connectivity index (χ3n) is 2.07. The molecular weight excluding hydrogens is 254 g/mol. The fraction of sp³-hybridized carbons (Fsp3) is 0.182. The van der Waals surface area contributed by atoms with Crippen LogP contribution < -0.4 is 9.47 Å². The van der Waals surface area contributed by atoms with E-state index in [4.69, 9.17) is 0 Å². The molecule has 3 nitrogen and oxygen atoms in total. The van der Waals surface area contributed by atoms with Crippen molar-refractivity contribution in [2.45, 2.75) is 13.2 Å². The van der Waals surface area contributed by atoms with Crippen molar-refractivity contribution < 1.29 is 27.0 Å². The lowest BCUT2D eigenvalue weighted by atomic mass is 10.2. The number of pyridine rings is 1. The molecule has 2 aromatic rings. The molecule has 0 radical (unpaired) electrons. The van der Waals surface area contributed by atoms with E-state index in [-0.39, 0.29) is 17.1 Å². The molecule has 1 heterocycles. The van der Waals surface area contributed by atoms with Gasteiger partial charge in [-0.3, -0.25) is 0 Å². The van der Waals surface area contributed by atoms with E-state index < -0.39 is 13.2 Å². The highest BCUT2D eigenvalue weighted by Crippen LogP contribution is 2.23. The number of fused-ring (bicyclic) bond motifs is 1. The highest BCUT2D eigenvalue weighted by Gasteiger charge is 2.08. The van der Waals surface area contributed by atoms with Crippen molar-refractivity contribution in [2.75, 3.05) is 0 Å². The Bertz CT molecular complexity index is 503. The van der Waals surface area contributed by atoms with Gasteiger partial charge in [0.25, 0.3) is 0 Å². The Hall–Kier alpha value is -2.05. The molecule has 1 aromatic carbocycles. The number of hydrogen-bond donors (Lipinski definition) is 0. The molecule has 0 bridgehead atoms. The van der Waals surface area contributed by atoms with E-state index in [0.29, 0.717) is 5.39 Å². The second kappa shape index (κ2) is 5.07. The summed E-state index contributed by atoms with van der Waals surface area (Å²) in [7, 11) is 0. The molecule has 0 aliphatic rings. The van der Waals surface area contributed by atoms with Gasteiger partial charge in [-0.1, -0.05) is 0 Å². The topological polar surface area (TPSA) is 31.4 Å². The van der Waals surface area contributed by atoms with Crippen molar-refractivity contribution in [3.63, 3.8) is 0 Å². The number of halogens is 4. The molecule has 0 fully saturated rings. The normalized spacial score (nSPS) is 11.2. The lowest BCUT2D eigenvalue weighted by molar-refractivity contribution is -0.0526. The van der Waals surface area contributed by atoms with Gasteiger partial charge in [-0.2, -0.15) is 17.6 Å². The zero-order chi connectivity index (χ0) is 13.1. The summed E-state index contributed by atoms with van der Waals surface area (Å²) in [4.78, 5) is 3.76. The molecule has 0 aliphatic heterocycles. The van der Waals surface area contributed by atoms with E-state index in [1.165, 1.54) is 30.3 Å². The molecule has 1 aromatic heterocycles. The first kappa shape index (κ1) is 12.4. The third-order valence-corrected chi connectivity index (χ3v) is 2.07. The standard InChI is InChI=1S/C11H7F4NO2/c12-10(13)17-7-3-1-6-2-4-9(18-11(14)15)16-8(6)5-7/h1-5,10-11H. The highest BCUT2D eigenvalue weighted by atomic mass is 19.3. The highest BCUT2D eigenvalue weighted by molar-refractivity contribution is 5.80. The molecule has 0 saturated heterocycles. The van der Waals surface area contributed by atoms with Crippen LogP contribution in [0.25, 0.3) is 10.9 Å². The minimum atomic E-state index is -2.99. The van der Waals surface area contributed by atoms with Gasteiger partial charge in [0.05, 0.1) is 5.52 Å². The largest absolute Gasteiger partial charge is 0.435 e. The average Bonchev–Trinajstić information content (AvgIpc) is 2.26. The van der Waals surface area contributed by atoms with Crippen LogP contribution in [0.15, 0.2) is 30.3 Å². The van der Waals surface area contributed by atoms with Crippen molar-refractivity contribution in [1.29, 1.82) is 0 Å². The lowest BCUT2D eigenvalue weighted by Gasteiger charge is -2.07. The van der Waals surface area contributed by atoms with Crippen LogP contribution in [0.2, 0.25) is 0 Å². The Morgan fingerprint density at radius 2 is 1.56 bits per heavy atom. The summed E-state index contributed by atoms with van der Waals surface area (Å²) in [5.41, 5.74) is 0.228. The summed E-state index contributed by atoms with van der Waals surface area (Å²) >= 11 is 0. The molecule has 0 amide bonds. The number of aromatic nitrogens is 1. The minimum absolute atomic E-state index is 0.0980. The van der Waals surface area contributed by atoms with E-state index in [1.54, 1.807) is 0 Å². The van der Waals surface area contributed by atoms with Crippen molar-refractivity contribution >= 4 is 10.9 Å². The molecule has 0 saturated carbocycles. The summed E-state index contributed by atoms with van der Waals surface area (Å²) in [6.45, 7) is -5.95. The van der Waals surface area contributed by atoms with Crippen LogP contribution in [-0.4, -0.2) is 18.2 Å². The Kier molecular flexibility index (Phi) is 3.50. The van der Waals surface area contributed by atoms with Gasteiger partial charge in [0.15, 0.2) is 0 Å². The van der Waals surface area contributed by atoms with Gasteiger partial charge >= 0.3 is 13.2 Å². The fourth-order valence-corrected chi connectivity index (χ4v) is 1.41. The van der Waals surface area contributed by atoms with Gasteiger partial charge in [0, 0.05) is 17.5 Å². The second-order valence-corrected chi connectivity index (χ2v) is 3.26. The predicted octanol–water partition coefficient (Wildman–Crippen LogP) is 3.44. The van der Waals surface area contributed by atoms with Crippen LogP contribution in [0, 0.1) is 0 Å². The maximum absolute atomic E-state index is 12.0. The Morgan fingerprint density at radius 3 is 2.22 bits per heavy atom. The van der Waals surface area contributed by atoms with Crippen molar-refractivity contribution in [2.24, 2.45) is 0 Å². The monoisotopic (exact) mass is 261 g/mol. The summed E-state index contributed by atoms with van der Waals surface area (Å²) in [5.74, 6) is -0.383. The van der Waals surface area contributed by atoms with Gasteiger partial charge in [0.2, 0.25) is 5.88 Å². The first-order valence-electron chi connectivity index (χ1n) is 4.85. The number of alkyl halides is 4. The molecule has 0 spiro atoms. The molecular formula is C11H7F4NO2. The number of nitrogens with zero attached hydrogens (tertiary/aromatic N) is 1. The molecule has 0 aliphatic carbocycles. The Balaban J connectivity index is 2.33. The molecule has 7 heteroatoms. The number of hydrogen-bond acceptors (Lipinski definition) is 3. The van der Waals surface area contributed by atoms with E-state index in [1.807, 2.05) is 0 Å². The Morgan fingerprint density at radius 1 is 0.889 bits per heavy atom. The lowest BCUT2D eigenvalue weighted by Crippen LogP contribution is -2.04. The molecule has 96 valence electrons. The van der Waals surface area contributed by atoms with Crippen LogP contribution >= 0.6 is 0 Å². The van der Waals surface area contributed by atoms with Gasteiger partial charge < -0.3 is 9.47 Å². The van der Waals surface area contributed by atoms with Crippen LogP contribution in [-0.2, 0) is 0 Å². The fourth-order valence-electron chi connectivity index (χ4n) is 1.41. The van der Waals surface area contributed by atoms with Crippen LogP contribution in [0.1, 0.15) is 0 Å². The van der Waals surface area contributed by atoms with E-state index in [9.17, 15) is 17.6 Å². The van der Waals surface area contributed by atoms with Gasteiger partial charge in [-0.15, -0.1) is 0 Å². The predicted molar refractivity (Wildman–Crippen MR) is 55.0 cm³/mol. The van der Waals surface area contributed by atoms with Gasteiger partial charge in [0.1, 0.15) is 5.75 Å².